The lowest BCUT2D eigenvalue weighted by Crippen LogP contribution is -2.54. The second-order valence-corrected chi connectivity index (χ2v) is 8.34. The molecule has 150 valence electrons. The first kappa shape index (κ1) is 19.7. The first-order chi connectivity index (χ1) is 14.2. The molecule has 0 aliphatic heterocycles. The molecule has 29 heavy (non-hydrogen) atoms. The van der Waals surface area contributed by atoms with Crippen molar-refractivity contribution < 1.29 is 4.79 Å². The molecule has 4 rings (SSSR count). The highest BCUT2D eigenvalue weighted by atomic mass is 16.1. The van der Waals surface area contributed by atoms with Gasteiger partial charge < -0.3 is 10.6 Å². The number of rotatable bonds is 5. The molecule has 0 bridgehead atoms. The van der Waals surface area contributed by atoms with Gasteiger partial charge in [-0.3, -0.25) is 4.79 Å². The van der Waals surface area contributed by atoms with E-state index in [9.17, 15) is 4.79 Å². The highest BCUT2D eigenvalue weighted by Gasteiger charge is 2.36. The molecule has 4 nitrogen and oxygen atoms in total. The van der Waals surface area contributed by atoms with Crippen molar-refractivity contribution in [1.82, 2.24) is 15.6 Å². The van der Waals surface area contributed by atoms with Crippen LogP contribution in [0.25, 0.3) is 0 Å². The minimum absolute atomic E-state index is 0.00421. The molecule has 1 heterocycles. The molecule has 2 aliphatic carbocycles. The first-order valence-corrected chi connectivity index (χ1v) is 10.8. The van der Waals surface area contributed by atoms with E-state index in [0.29, 0.717) is 18.2 Å². The molecule has 0 unspecified atom stereocenters. The third-order valence-electron chi connectivity index (χ3n) is 5.88. The van der Waals surface area contributed by atoms with Crippen molar-refractivity contribution >= 4 is 5.91 Å². The Hall–Kier alpha value is -2.64. The van der Waals surface area contributed by atoms with E-state index in [-0.39, 0.29) is 11.4 Å². The van der Waals surface area contributed by atoms with Gasteiger partial charge >= 0.3 is 0 Å². The van der Waals surface area contributed by atoms with Gasteiger partial charge in [-0.2, -0.15) is 0 Å². The smallest absolute Gasteiger partial charge is 0.251 e. The standard InChI is InChI=1S/C25H29N3O/c29-24(27-19-25(28-23-14-15-23)16-4-1-2-5-17-25)21-11-8-20(9-12-21)10-13-22-7-3-6-18-26-22/h3,6-9,11-12,18,23,28H,1-2,4-5,14-17,19H2,(H,27,29). The highest BCUT2D eigenvalue weighted by molar-refractivity contribution is 5.94. The summed E-state index contributed by atoms with van der Waals surface area (Å²) in [6.07, 6.45) is 11.7. The maximum absolute atomic E-state index is 12.7. The molecule has 2 aliphatic rings. The fraction of sp³-hybridized carbons (Fsp3) is 0.440. The summed E-state index contributed by atoms with van der Waals surface area (Å²) in [7, 11) is 0. The zero-order valence-electron chi connectivity index (χ0n) is 16.9. The number of pyridine rings is 1. The molecule has 4 heteroatoms. The van der Waals surface area contributed by atoms with Crippen LogP contribution in [0.5, 0.6) is 0 Å². The van der Waals surface area contributed by atoms with Crippen molar-refractivity contribution in [2.24, 2.45) is 0 Å². The van der Waals surface area contributed by atoms with Crippen molar-refractivity contribution in [3.63, 3.8) is 0 Å². The minimum Gasteiger partial charge on any atom is -0.350 e. The Kier molecular flexibility index (Phi) is 6.27. The van der Waals surface area contributed by atoms with Gasteiger partial charge in [0.05, 0.1) is 0 Å². The molecular weight excluding hydrogens is 358 g/mol. The number of nitrogens with one attached hydrogen (secondary N) is 2. The predicted molar refractivity (Wildman–Crippen MR) is 116 cm³/mol. The maximum Gasteiger partial charge on any atom is 0.251 e. The van der Waals surface area contributed by atoms with Gasteiger partial charge in [-0.15, -0.1) is 0 Å². The Morgan fingerprint density at radius 3 is 2.41 bits per heavy atom. The lowest BCUT2D eigenvalue weighted by molar-refractivity contribution is 0.0934. The normalized spacial score (nSPS) is 18.2. The van der Waals surface area contributed by atoms with Gasteiger partial charge in [0.25, 0.3) is 5.91 Å². The third-order valence-corrected chi connectivity index (χ3v) is 5.88. The second-order valence-electron chi connectivity index (χ2n) is 8.34. The average Bonchev–Trinajstić information content (AvgIpc) is 3.60. The average molecular weight is 388 g/mol. The molecule has 2 fully saturated rings. The van der Waals surface area contributed by atoms with Crippen LogP contribution in [0.4, 0.5) is 0 Å². The van der Waals surface area contributed by atoms with Gasteiger partial charge in [0.15, 0.2) is 0 Å². The number of amides is 1. The summed E-state index contributed by atoms with van der Waals surface area (Å²) in [5.41, 5.74) is 2.37. The molecule has 2 aromatic rings. The van der Waals surface area contributed by atoms with Crippen molar-refractivity contribution in [3.05, 3.63) is 65.5 Å². The Morgan fingerprint density at radius 2 is 1.76 bits per heavy atom. The van der Waals surface area contributed by atoms with Crippen molar-refractivity contribution in [2.75, 3.05) is 6.54 Å². The second kappa shape index (κ2) is 9.24. The lowest BCUT2D eigenvalue weighted by Gasteiger charge is -2.34. The highest BCUT2D eigenvalue weighted by Crippen LogP contribution is 2.31. The van der Waals surface area contributed by atoms with Crippen LogP contribution < -0.4 is 10.6 Å². The summed E-state index contributed by atoms with van der Waals surface area (Å²) in [5.74, 6) is 6.14. The molecule has 2 saturated carbocycles. The quantitative estimate of drug-likeness (QED) is 0.601. The maximum atomic E-state index is 12.7. The molecule has 0 radical (unpaired) electrons. The zero-order chi connectivity index (χ0) is 19.9. The van der Waals surface area contributed by atoms with Crippen molar-refractivity contribution in [2.45, 2.75) is 62.9 Å². The Bertz CT molecular complexity index is 868. The molecule has 1 amide bonds. The largest absolute Gasteiger partial charge is 0.350 e. The van der Waals surface area contributed by atoms with Crippen LogP contribution in [0.15, 0.2) is 48.7 Å². The van der Waals surface area contributed by atoms with E-state index in [4.69, 9.17) is 0 Å². The van der Waals surface area contributed by atoms with Crippen LogP contribution in [0.2, 0.25) is 0 Å². The Labute approximate surface area is 173 Å². The van der Waals surface area contributed by atoms with Crippen molar-refractivity contribution in [3.8, 4) is 11.8 Å². The van der Waals surface area contributed by atoms with Gasteiger partial charge in [-0.25, -0.2) is 4.98 Å². The number of benzene rings is 1. The molecule has 0 spiro atoms. The van der Waals surface area contributed by atoms with Crippen LogP contribution >= 0.6 is 0 Å². The van der Waals surface area contributed by atoms with Gasteiger partial charge in [0.2, 0.25) is 0 Å². The monoisotopic (exact) mass is 387 g/mol. The number of nitrogens with zero attached hydrogens (tertiary/aromatic N) is 1. The minimum atomic E-state index is -0.00421. The molecular formula is C25H29N3O. The SMILES string of the molecule is O=C(NCC1(NC2CC2)CCCCCC1)c1ccc(C#Cc2ccccn2)cc1. The van der Waals surface area contributed by atoms with Gasteiger partial charge in [0, 0.05) is 35.4 Å². The van der Waals surface area contributed by atoms with Crippen LogP contribution in [0, 0.1) is 11.8 Å². The third kappa shape index (κ3) is 5.68. The Balaban J connectivity index is 1.37. The number of aromatic nitrogens is 1. The van der Waals surface area contributed by atoms with E-state index in [2.05, 4.69) is 27.5 Å². The zero-order valence-corrected chi connectivity index (χ0v) is 16.9. The Morgan fingerprint density at radius 1 is 1.00 bits per heavy atom. The number of hydrogen-bond acceptors (Lipinski definition) is 3. The van der Waals surface area contributed by atoms with E-state index < -0.39 is 0 Å². The first-order valence-electron chi connectivity index (χ1n) is 10.8. The summed E-state index contributed by atoms with van der Waals surface area (Å²) >= 11 is 0. The summed E-state index contributed by atoms with van der Waals surface area (Å²) < 4.78 is 0. The topological polar surface area (TPSA) is 54.0 Å². The molecule has 1 aromatic carbocycles. The summed E-state index contributed by atoms with van der Waals surface area (Å²) in [4.78, 5) is 16.9. The van der Waals surface area contributed by atoms with E-state index in [0.717, 1.165) is 24.1 Å². The predicted octanol–water partition coefficient (Wildman–Crippen LogP) is 4.06. The van der Waals surface area contributed by atoms with Gasteiger partial charge in [-0.1, -0.05) is 37.7 Å². The summed E-state index contributed by atoms with van der Waals surface area (Å²) in [6, 6.07) is 13.8. The molecule has 1 aromatic heterocycles. The van der Waals surface area contributed by atoms with E-state index in [1.54, 1.807) is 6.20 Å². The van der Waals surface area contributed by atoms with Crippen LogP contribution in [-0.2, 0) is 0 Å². The molecule has 0 atom stereocenters. The number of carbonyl (C=O) groups is 1. The molecule has 2 N–H and O–H groups in total. The van der Waals surface area contributed by atoms with Crippen molar-refractivity contribution in [1.29, 1.82) is 0 Å². The summed E-state index contributed by atoms with van der Waals surface area (Å²) in [6.45, 7) is 0.712. The lowest BCUT2D eigenvalue weighted by atomic mass is 9.89. The number of hydrogen-bond donors (Lipinski definition) is 2. The van der Waals surface area contributed by atoms with Crippen LogP contribution in [0.3, 0.4) is 0 Å². The fourth-order valence-corrected chi connectivity index (χ4v) is 4.07. The van der Waals surface area contributed by atoms with E-state index in [1.165, 1.54) is 38.5 Å². The van der Waals surface area contributed by atoms with E-state index >= 15 is 0 Å². The van der Waals surface area contributed by atoms with Gasteiger partial charge in [-0.05, 0) is 68.0 Å². The van der Waals surface area contributed by atoms with Crippen LogP contribution in [-0.4, -0.2) is 29.0 Å². The van der Waals surface area contributed by atoms with Gasteiger partial charge in [0.1, 0.15) is 5.69 Å². The summed E-state index contributed by atoms with van der Waals surface area (Å²) in [5, 5.41) is 7.06. The molecule has 0 saturated heterocycles. The van der Waals surface area contributed by atoms with Crippen LogP contribution in [0.1, 0.15) is 73.0 Å². The fourth-order valence-electron chi connectivity index (χ4n) is 4.07. The van der Waals surface area contributed by atoms with E-state index in [1.807, 2.05) is 42.5 Å². The number of carbonyl (C=O) groups excluding carboxylic acids is 1.